The molecule has 2 aromatic rings. The second-order valence-electron chi connectivity index (χ2n) is 3.79. The van der Waals surface area contributed by atoms with Gasteiger partial charge in [0.1, 0.15) is 6.07 Å². The maximum atomic E-state index is 8.86. The molecule has 0 saturated heterocycles. The molecule has 0 aliphatic heterocycles. The van der Waals surface area contributed by atoms with Crippen molar-refractivity contribution in [3.8, 4) is 6.07 Å². The van der Waals surface area contributed by atoms with E-state index in [9.17, 15) is 0 Å². The summed E-state index contributed by atoms with van der Waals surface area (Å²) in [6, 6.07) is 9.65. The Kier molecular flexibility index (Phi) is 4.00. The molecule has 3 nitrogen and oxygen atoms in total. The number of aryl methyl sites for hydroxylation is 2. The van der Waals surface area contributed by atoms with E-state index in [1.807, 2.05) is 32.0 Å². The minimum Gasteiger partial charge on any atom is -0.228 e. The third-order valence-electron chi connectivity index (χ3n) is 2.23. The third kappa shape index (κ3) is 3.09. The fourth-order valence-electron chi connectivity index (χ4n) is 1.49. The first-order chi connectivity index (χ1) is 8.58. The van der Waals surface area contributed by atoms with Crippen LogP contribution in [0.3, 0.4) is 0 Å². The van der Waals surface area contributed by atoms with Gasteiger partial charge in [-0.15, -0.1) is 0 Å². The molecule has 0 atom stereocenters. The number of hydrogen-bond donors (Lipinski definition) is 0. The second kappa shape index (κ2) is 5.51. The zero-order chi connectivity index (χ0) is 13.1. The molecule has 2 rings (SSSR count). The molecule has 18 heavy (non-hydrogen) atoms. The maximum absolute atomic E-state index is 8.86. The van der Waals surface area contributed by atoms with Gasteiger partial charge in [0, 0.05) is 20.8 Å². The van der Waals surface area contributed by atoms with Crippen LogP contribution in [0.1, 0.15) is 17.0 Å². The predicted molar refractivity (Wildman–Crippen MR) is 74.5 cm³/mol. The van der Waals surface area contributed by atoms with Crippen molar-refractivity contribution in [3.05, 3.63) is 45.7 Å². The first-order valence-electron chi connectivity index (χ1n) is 5.28. The molecule has 0 fully saturated rings. The van der Waals surface area contributed by atoms with Crippen molar-refractivity contribution in [2.75, 3.05) is 0 Å². The number of rotatable bonds is 2. The molecule has 0 aliphatic carbocycles. The molecule has 1 aromatic carbocycles. The minimum absolute atomic E-state index is 0.626. The Labute approximate surface area is 118 Å². The van der Waals surface area contributed by atoms with Gasteiger partial charge in [-0.1, -0.05) is 0 Å². The molecule has 1 aromatic heterocycles. The summed E-state index contributed by atoms with van der Waals surface area (Å²) < 4.78 is 0.791. The van der Waals surface area contributed by atoms with E-state index in [0.717, 1.165) is 25.9 Å². The van der Waals surface area contributed by atoms with Crippen LogP contribution in [0.5, 0.6) is 0 Å². The largest absolute Gasteiger partial charge is 0.228 e. The average Bonchev–Trinajstić information content (AvgIpc) is 2.27. The van der Waals surface area contributed by atoms with Gasteiger partial charge < -0.3 is 0 Å². The maximum Gasteiger partial charge on any atom is 0.192 e. The third-order valence-corrected chi connectivity index (χ3v) is 3.74. The lowest BCUT2D eigenvalue weighted by Crippen LogP contribution is -1.92. The molecule has 0 aliphatic rings. The minimum atomic E-state index is 0.626. The Morgan fingerprint density at radius 3 is 2.39 bits per heavy atom. The molecular weight excluding hydrogens is 310 g/mol. The summed E-state index contributed by atoms with van der Waals surface area (Å²) in [5, 5.41) is 9.59. The van der Waals surface area contributed by atoms with Crippen LogP contribution < -0.4 is 0 Å². The average molecular weight is 320 g/mol. The molecular formula is C13H10BrN3S. The Morgan fingerprint density at radius 2 is 1.83 bits per heavy atom. The van der Waals surface area contributed by atoms with Crippen LogP contribution in [0.4, 0.5) is 0 Å². The molecule has 1 heterocycles. The summed E-state index contributed by atoms with van der Waals surface area (Å²) in [7, 11) is 0. The first kappa shape index (κ1) is 13.1. The van der Waals surface area contributed by atoms with E-state index in [2.05, 4.69) is 32.0 Å². The highest BCUT2D eigenvalue weighted by Crippen LogP contribution is 2.29. The van der Waals surface area contributed by atoms with Gasteiger partial charge in [0.05, 0.1) is 5.56 Å². The second-order valence-corrected chi connectivity index (χ2v) is 5.68. The fraction of sp³-hybridized carbons (Fsp3) is 0.154. The Balaban J connectivity index is 2.29. The zero-order valence-electron chi connectivity index (χ0n) is 9.94. The van der Waals surface area contributed by atoms with Gasteiger partial charge in [0.15, 0.2) is 5.16 Å². The van der Waals surface area contributed by atoms with E-state index in [4.69, 9.17) is 5.26 Å². The molecule has 0 unspecified atom stereocenters. The predicted octanol–water partition coefficient (Wildman–Crippen LogP) is 3.88. The van der Waals surface area contributed by atoms with Crippen LogP contribution in [-0.4, -0.2) is 9.97 Å². The number of aromatic nitrogens is 2. The van der Waals surface area contributed by atoms with Crippen molar-refractivity contribution in [2.24, 2.45) is 0 Å². The van der Waals surface area contributed by atoms with Crippen molar-refractivity contribution in [1.29, 1.82) is 5.26 Å². The molecule has 0 amide bonds. The van der Waals surface area contributed by atoms with Gasteiger partial charge >= 0.3 is 0 Å². The molecule has 0 spiro atoms. The topological polar surface area (TPSA) is 49.6 Å². The number of halogens is 1. The summed E-state index contributed by atoms with van der Waals surface area (Å²) in [6.07, 6.45) is 0. The normalized spacial score (nSPS) is 10.1. The molecule has 0 bridgehead atoms. The van der Waals surface area contributed by atoms with Crippen molar-refractivity contribution in [3.63, 3.8) is 0 Å². The first-order valence-corrected chi connectivity index (χ1v) is 6.89. The van der Waals surface area contributed by atoms with E-state index in [1.165, 1.54) is 11.8 Å². The summed E-state index contributed by atoms with van der Waals surface area (Å²) in [5.74, 6) is 0. The highest BCUT2D eigenvalue weighted by Gasteiger charge is 2.05. The lowest BCUT2D eigenvalue weighted by Gasteiger charge is -2.04. The molecule has 90 valence electrons. The summed E-state index contributed by atoms with van der Waals surface area (Å²) in [6.45, 7) is 3.90. The molecule has 0 N–H and O–H groups in total. The van der Waals surface area contributed by atoms with E-state index in [0.29, 0.717) is 5.56 Å². The van der Waals surface area contributed by atoms with Gasteiger partial charge in [-0.3, -0.25) is 0 Å². The molecule has 5 heteroatoms. The summed E-state index contributed by atoms with van der Waals surface area (Å²) >= 11 is 4.86. The highest BCUT2D eigenvalue weighted by atomic mass is 79.9. The number of nitrogens with zero attached hydrogens (tertiary/aromatic N) is 3. The number of hydrogen-bond acceptors (Lipinski definition) is 4. The summed E-state index contributed by atoms with van der Waals surface area (Å²) in [5.41, 5.74) is 2.54. The van der Waals surface area contributed by atoms with Gasteiger partial charge in [-0.2, -0.15) is 5.26 Å². The Hall–Kier alpha value is -1.38. The van der Waals surface area contributed by atoms with Crippen molar-refractivity contribution in [2.45, 2.75) is 23.9 Å². The zero-order valence-corrected chi connectivity index (χ0v) is 12.3. The van der Waals surface area contributed by atoms with Crippen LogP contribution in [0.25, 0.3) is 0 Å². The number of benzene rings is 1. The van der Waals surface area contributed by atoms with Crippen molar-refractivity contribution >= 4 is 27.7 Å². The fourth-order valence-corrected chi connectivity index (χ4v) is 3.02. The summed E-state index contributed by atoms with van der Waals surface area (Å²) in [4.78, 5) is 9.75. The monoisotopic (exact) mass is 319 g/mol. The van der Waals surface area contributed by atoms with E-state index < -0.39 is 0 Å². The van der Waals surface area contributed by atoms with Crippen LogP contribution in [0.2, 0.25) is 0 Å². The highest BCUT2D eigenvalue weighted by molar-refractivity contribution is 9.10. The van der Waals surface area contributed by atoms with Gasteiger partial charge in [0.2, 0.25) is 0 Å². The van der Waals surface area contributed by atoms with Gasteiger partial charge in [-0.25, -0.2) is 9.97 Å². The Morgan fingerprint density at radius 1 is 1.17 bits per heavy atom. The van der Waals surface area contributed by atoms with Crippen LogP contribution in [0.15, 0.2) is 38.8 Å². The van der Waals surface area contributed by atoms with Crippen molar-refractivity contribution < 1.29 is 0 Å². The van der Waals surface area contributed by atoms with E-state index in [-0.39, 0.29) is 0 Å². The van der Waals surface area contributed by atoms with E-state index >= 15 is 0 Å². The smallest absolute Gasteiger partial charge is 0.192 e. The Bertz CT molecular complexity index is 614. The lowest BCUT2D eigenvalue weighted by molar-refractivity contribution is 0.902. The van der Waals surface area contributed by atoms with Gasteiger partial charge in [0.25, 0.3) is 0 Å². The SMILES string of the molecule is Cc1cc(C)nc(Sc2ccc(C#N)c(Br)c2)n1. The van der Waals surface area contributed by atoms with Crippen LogP contribution >= 0.6 is 27.7 Å². The van der Waals surface area contributed by atoms with Gasteiger partial charge in [-0.05, 0) is 65.8 Å². The lowest BCUT2D eigenvalue weighted by atomic mass is 10.2. The van der Waals surface area contributed by atoms with Crippen LogP contribution in [0, 0.1) is 25.2 Å². The van der Waals surface area contributed by atoms with Crippen LogP contribution in [-0.2, 0) is 0 Å². The molecule has 0 radical (unpaired) electrons. The molecule has 0 saturated carbocycles. The quantitative estimate of drug-likeness (QED) is 0.788. The van der Waals surface area contributed by atoms with Crippen molar-refractivity contribution in [1.82, 2.24) is 9.97 Å². The standard InChI is InChI=1S/C13H10BrN3S/c1-8-5-9(2)17-13(16-8)18-11-4-3-10(7-15)12(14)6-11/h3-6H,1-2H3. The van der Waals surface area contributed by atoms with E-state index in [1.54, 1.807) is 6.07 Å². The number of nitriles is 1.